The highest BCUT2D eigenvalue weighted by Gasteiger charge is 2.68. The minimum absolute atomic E-state index is 0.104. The molecule has 0 amide bonds. The second-order valence-electron chi connectivity index (χ2n) is 26.5. The molecule has 7 aromatic rings. The highest BCUT2D eigenvalue weighted by Crippen LogP contribution is 2.70. The maximum atomic E-state index is 14.5. The zero-order chi connectivity index (χ0) is 65.4. The lowest BCUT2D eigenvalue weighted by Crippen LogP contribution is -2.14. The Morgan fingerprint density at radius 2 is 0.543 bits per heavy atom. The Balaban J connectivity index is 1.01. The van der Waals surface area contributed by atoms with Gasteiger partial charge in [-0.05, 0) is 119 Å². The molecule has 4 saturated carbocycles. The van der Waals surface area contributed by atoms with E-state index in [9.17, 15) is 59.6 Å². The van der Waals surface area contributed by atoms with Gasteiger partial charge in [0, 0.05) is 117 Å². The summed E-state index contributed by atoms with van der Waals surface area (Å²) in [6.45, 7) is 15.5. The molecule has 8 atom stereocenters. The van der Waals surface area contributed by atoms with Crippen LogP contribution in [0.5, 0.6) is 23.0 Å². The van der Waals surface area contributed by atoms with Gasteiger partial charge in [0.2, 0.25) is 0 Å². The van der Waals surface area contributed by atoms with Gasteiger partial charge in [0.25, 0.3) is 22.7 Å². The molecule has 466 valence electrons. The number of hydrogen-bond acceptors (Lipinski definition) is 18. The van der Waals surface area contributed by atoms with Crippen molar-refractivity contribution in [2.45, 2.75) is 79.1 Å². The summed E-state index contributed by atoms with van der Waals surface area (Å²) >= 11 is 0. The third kappa shape index (κ3) is 10.2. The SMILES string of the molecule is CC1(C)[C@H](C(=O)Oc2ccc([N+](=O)[O-])cc2)[C@@H]1c1c2nc(c([C@H]3[C@@H](C(=O)Oc4ccc([N+](=O)[O-])cc4)C3(C)C)c3ccc([nH]3)c([C@H]3[C@@H](C(=O)Oc4ccc([N+](=O)[O-])cc4)C3(C)C)c3ccc([nH]3)c([C@H]3[C@@H](C(=O)Oc4ccc([N+](=O)[O-])cc4)C3(C)C)c3nc1C=C3)C=C2. The summed E-state index contributed by atoms with van der Waals surface area (Å²) < 4.78 is 23.8. The van der Waals surface area contributed by atoms with Crippen LogP contribution in [0.4, 0.5) is 22.7 Å². The van der Waals surface area contributed by atoms with Crippen molar-refractivity contribution in [1.29, 1.82) is 0 Å². The molecule has 24 nitrogen and oxygen atoms in total. The molecule has 4 aromatic carbocycles. The van der Waals surface area contributed by atoms with Gasteiger partial charge in [0.1, 0.15) is 23.0 Å². The maximum absolute atomic E-state index is 14.5. The van der Waals surface area contributed by atoms with E-state index in [1.807, 2.05) is 104 Å². The van der Waals surface area contributed by atoms with Crippen LogP contribution in [0.3, 0.4) is 0 Å². The number of aromatic nitrogens is 4. The molecule has 92 heavy (non-hydrogen) atoms. The van der Waals surface area contributed by atoms with Crippen molar-refractivity contribution in [3.8, 4) is 23.0 Å². The second-order valence-corrected chi connectivity index (χ2v) is 26.5. The van der Waals surface area contributed by atoms with Crippen LogP contribution in [0.25, 0.3) is 46.4 Å². The molecule has 6 aliphatic rings. The molecule has 0 radical (unpaired) electrons. The normalized spacial score (nSPS) is 22.7. The number of ether oxygens (including phenoxy) is 4. The zero-order valence-corrected chi connectivity index (χ0v) is 50.7. The summed E-state index contributed by atoms with van der Waals surface area (Å²) in [5.41, 5.74) is 2.70. The molecular formula is C68H58N8O16. The van der Waals surface area contributed by atoms with E-state index in [0.717, 1.165) is 0 Å². The molecule has 2 N–H and O–H groups in total. The first-order chi connectivity index (χ1) is 43.6. The number of carbonyl (C=O) groups excluding carboxylic acids is 4. The lowest BCUT2D eigenvalue weighted by Gasteiger charge is -2.08. The summed E-state index contributed by atoms with van der Waals surface area (Å²) in [6.07, 6.45) is 7.32. The Morgan fingerprint density at radius 1 is 0.337 bits per heavy atom. The minimum Gasteiger partial charge on any atom is -0.426 e. The number of hydrogen-bond donors (Lipinski definition) is 2. The number of nitro groups is 4. The molecule has 0 saturated heterocycles. The Labute approximate surface area is 522 Å². The number of aromatic amines is 2. The van der Waals surface area contributed by atoms with Crippen LogP contribution in [0, 0.1) is 85.8 Å². The third-order valence-electron chi connectivity index (χ3n) is 19.5. The first-order valence-corrected chi connectivity index (χ1v) is 29.6. The van der Waals surface area contributed by atoms with Crippen molar-refractivity contribution in [2.75, 3.05) is 0 Å². The van der Waals surface area contributed by atoms with Crippen molar-refractivity contribution in [3.05, 3.63) is 207 Å². The second kappa shape index (κ2) is 21.3. The molecule has 8 bridgehead atoms. The van der Waals surface area contributed by atoms with E-state index >= 15 is 0 Å². The summed E-state index contributed by atoms with van der Waals surface area (Å²) in [4.78, 5) is 120. The van der Waals surface area contributed by atoms with Crippen LogP contribution in [0.1, 0.15) is 124 Å². The molecule has 24 heteroatoms. The molecule has 4 aliphatic carbocycles. The largest absolute Gasteiger partial charge is 0.426 e. The van der Waals surface area contributed by atoms with E-state index in [1.54, 1.807) is 0 Å². The van der Waals surface area contributed by atoms with Crippen molar-refractivity contribution in [1.82, 2.24) is 19.9 Å². The first kappa shape index (κ1) is 59.9. The number of nitro benzene ring substituents is 4. The van der Waals surface area contributed by atoms with Gasteiger partial charge >= 0.3 is 23.9 Å². The fraction of sp³-hybridized carbons (Fsp3) is 0.294. The number of nitrogens with zero attached hydrogens (tertiary/aromatic N) is 6. The van der Waals surface area contributed by atoms with Crippen molar-refractivity contribution >= 4 is 93.0 Å². The van der Waals surface area contributed by atoms with Crippen LogP contribution >= 0.6 is 0 Å². The molecule has 4 fully saturated rings. The summed E-state index contributed by atoms with van der Waals surface area (Å²) in [7, 11) is 0. The minimum atomic E-state index is -0.792. The average Bonchev–Trinajstić information content (AvgIpc) is 1.55. The van der Waals surface area contributed by atoms with Crippen LogP contribution in [0.15, 0.2) is 121 Å². The predicted octanol–water partition coefficient (Wildman–Crippen LogP) is 13.7. The van der Waals surface area contributed by atoms with Gasteiger partial charge in [-0.1, -0.05) is 55.4 Å². The van der Waals surface area contributed by atoms with Crippen molar-refractivity contribution < 1.29 is 57.8 Å². The standard InChI is InChI=1S/C68H58N8O16/c1-65(2)53(57(65)61(77)89-37-17-9-33(10-18-37)73(81)82)49-41-25-27-43(69-41)50(54-58(66(54,3)4)62(78)90-38-19-11-34(12-20-38)74(83)84)45-29-31-47(71-45)52(56-60(68(56,7)8)64(80)92-40-23-15-36(16-24-40)76(87)88)48-32-30-46(72-48)51(44-28-26-42(49)70-44)55-59(67(55,5)6)63(79)91-39-21-13-35(14-22-39)75(85)86/h9-32,53-60,69-70H,1-8H3/t53-,54-,55-,56-,57-,58-,59-,60-/m0/s1. The third-order valence-corrected chi connectivity index (χ3v) is 19.5. The van der Waals surface area contributed by atoms with Gasteiger partial charge in [-0.2, -0.15) is 0 Å². The highest BCUT2D eigenvalue weighted by atomic mass is 16.6. The number of benzene rings is 4. The number of carbonyl (C=O) groups is 4. The lowest BCUT2D eigenvalue weighted by molar-refractivity contribution is -0.385. The van der Waals surface area contributed by atoms with Gasteiger partial charge in [-0.25, -0.2) is 9.97 Å². The van der Waals surface area contributed by atoms with Gasteiger partial charge in [0.15, 0.2) is 0 Å². The topological polar surface area (TPSA) is 335 Å². The van der Waals surface area contributed by atoms with E-state index < -0.39 is 113 Å². The number of esters is 4. The Kier molecular flexibility index (Phi) is 13.9. The fourth-order valence-corrected chi connectivity index (χ4v) is 14.3. The molecule has 0 unspecified atom stereocenters. The summed E-state index contributed by atoms with van der Waals surface area (Å²) in [5, 5.41) is 46.1. The molecule has 0 spiro atoms. The molecule has 5 heterocycles. The van der Waals surface area contributed by atoms with Crippen LogP contribution < -0.4 is 18.9 Å². The first-order valence-electron chi connectivity index (χ1n) is 29.6. The number of H-pyrrole nitrogens is 2. The number of nitrogens with one attached hydrogen (secondary N) is 2. The number of rotatable bonds is 16. The Morgan fingerprint density at radius 3 is 0.783 bits per heavy atom. The predicted molar refractivity (Wildman–Crippen MR) is 334 cm³/mol. The van der Waals surface area contributed by atoms with Gasteiger partial charge in [-0.15, -0.1) is 0 Å². The van der Waals surface area contributed by atoms with E-state index in [2.05, 4.69) is 9.97 Å². The molecule has 13 rings (SSSR count). The van der Waals surface area contributed by atoms with Crippen molar-refractivity contribution in [2.24, 2.45) is 45.3 Å². The zero-order valence-electron chi connectivity index (χ0n) is 50.7. The van der Waals surface area contributed by atoms with Crippen molar-refractivity contribution in [3.63, 3.8) is 0 Å². The van der Waals surface area contributed by atoms with Gasteiger partial charge < -0.3 is 28.9 Å². The smallest absolute Gasteiger partial charge is 0.315 e. The van der Waals surface area contributed by atoms with Crippen LogP contribution in [-0.4, -0.2) is 63.5 Å². The lowest BCUT2D eigenvalue weighted by atomic mass is 10.00. The van der Waals surface area contributed by atoms with E-state index in [1.165, 1.54) is 97.1 Å². The van der Waals surface area contributed by atoms with E-state index in [0.29, 0.717) is 67.1 Å². The fourth-order valence-electron chi connectivity index (χ4n) is 14.3. The average molecular weight is 1240 g/mol. The molecule has 2 aliphatic heterocycles. The molecular weight excluding hydrogens is 1180 g/mol. The van der Waals surface area contributed by atoms with Gasteiger partial charge in [0.05, 0.1) is 66.1 Å². The number of fused-ring (bicyclic) bond motifs is 8. The van der Waals surface area contributed by atoms with Crippen LogP contribution in [-0.2, 0) is 19.2 Å². The summed E-state index contributed by atoms with van der Waals surface area (Å²) in [5.74, 6) is -7.32. The number of non-ortho nitro benzene ring substituents is 4. The monoisotopic (exact) mass is 1240 g/mol. The van der Waals surface area contributed by atoms with E-state index in [4.69, 9.17) is 28.9 Å². The highest BCUT2D eigenvalue weighted by molar-refractivity contribution is 5.92. The maximum Gasteiger partial charge on any atom is 0.315 e. The Bertz CT molecular complexity index is 4430. The quantitative estimate of drug-likeness (QED) is 0.0393. The van der Waals surface area contributed by atoms with E-state index in [-0.39, 0.29) is 45.7 Å². The molecule has 3 aromatic heterocycles. The summed E-state index contributed by atoms with van der Waals surface area (Å²) in [6, 6.07) is 28.4. The van der Waals surface area contributed by atoms with Gasteiger partial charge in [-0.3, -0.25) is 59.6 Å². The Hall–Kier alpha value is -11.0. The van der Waals surface area contributed by atoms with Crippen LogP contribution in [0.2, 0.25) is 0 Å².